The van der Waals surface area contributed by atoms with Crippen molar-refractivity contribution in [3.63, 3.8) is 0 Å². The summed E-state index contributed by atoms with van der Waals surface area (Å²) in [6.07, 6.45) is 0. The van der Waals surface area contributed by atoms with Crippen LogP contribution in [0.15, 0.2) is 249 Å². The van der Waals surface area contributed by atoms with Gasteiger partial charge in [0.1, 0.15) is 0 Å². The van der Waals surface area contributed by atoms with Crippen LogP contribution < -0.4 is 4.90 Å². The molecule has 0 atom stereocenters. The van der Waals surface area contributed by atoms with E-state index in [0.717, 1.165) is 39.5 Å². The van der Waals surface area contributed by atoms with Crippen molar-refractivity contribution in [3.05, 3.63) is 249 Å². The maximum absolute atomic E-state index is 2.50. The predicted octanol–water partition coefficient (Wildman–Crippen LogP) is 16.4. The van der Waals surface area contributed by atoms with Gasteiger partial charge in [0.15, 0.2) is 0 Å². The fraction of sp³-hybridized carbons (Fsp3) is 0. The summed E-state index contributed by atoms with van der Waals surface area (Å²) in [5, 5.41) is 4.85. The Balaban J connectivity index is 1.22. The van der Waals surface area contributed by atoms with Gasteiger partial charge < -0.3 is 14.0 Å². The van der Waals surface area contributed by atoms with Gasteiger partial charge in [-0.15, -0.1) is 0 Å². The molecule has 0 aliphatic rings. The van der Waals surface area contributed by atoms with Crippen LogP contribution in [0.5, 0.6) is 0 Å². The minimum atomic E-state index is 1.10. The van der Waals surface area contributed by atoms with E-state index in [0.29, 0.717) is 0 Å². The zero-order valence-corrected chi connectivity index (χ0v) is 34.5. The quantitative estimate of drug-likeness (QED) is 0.149. The Hall–Kier alpha value is -8.40. The zero-order valence-electron chi connectivity index (χ0n) is 34.5. The molecule has 0 radical (unpaired) electrons. The second kappa shape index (κ2) is 15.3. The molecule has 0 saturated heterocycles. The topological polar surface area (TPSA) is 13.1 Å². The van der Waals surface area contributed by atoms with E-state index < -0.39 is 0 Å². The fourth-order valence-electron chi connectivity index (χ4n) is 9.63. The van der Waals surface area contributed by atoms with Gasteiger partial charge >= 0.3 is 0 Å². The lowest BCUT2D eigenvalue weighted by Crippen LogP contribution is -2.09. The molecule has 0 saturated carbocycles. The first-order valence-electron chi connectivity index (χ1n) is 21.6. The first kappa shape index (κ1) is 36.5. The van der Waals surface area contributed by atoms with Gasteiger partial charge in [-0.1, -0.05) is 158 Å². The van der Waals surface area contributed by atoms with Crippen LogP contribution in [0.1, 0.15) is 0 Å². The monoisotopic (exact) mass is 803 g/mol. The Bertz CT molecular complexity index is 3520. The molecule has 63 heavy (non-hydrogen) atoms. The van der Waals surface area contributed by atoms with Crippen LogP contribution >= 0.6 is 0 Å². The number of para-hydroxylation sites is 4. The molecule has 0 aliphatic heterocycles. The lowest BCUT2D eigenvalue weighted by molar-refractivity contribution is 1.15. The standard InChI is InChI=1S/C60H41N3/c1-7-19-42(20-8-1)45-33-37-56-53(39-45)54-41-52(44-31-35-51(36-32-44)61(47-23-11-3-12-24-47)48-25-13-4-14-26-48)58-55-40-46(43-21-9-2-10-22-43)34-38-57(55)63(50-29-17-6-18-30-50)60(58)59(54)62(56)49-27-15-5-16-28-49/h1-41H. The molecule has 0 unspecified atom stereocenters. The number of hydrogen-bond acceptors (Lipinski definition) is 1. The highest BCUT2D eigenvalue weighted by atomic mass is 15.1. The summed E-state index contributed by atoms with van der Waals surface area (Å²) < 4.78 is 4.99. The normalized spacial score (nSPS) is 11.5. The SMILES string of the molecule is c1ccc(-c2ccc3c(c2)c2cc(-c4ccc(N(c5ccccc5)c5ccccc5)cc4)c4c5cc(-c6ccccc6)ccc5n(-c5ccccc5)c4c2n3-c2ccccc2)cc1. The van der Waals surface area contributed by atoms with Crippen molar-refractivity contribution >= 4 is 60.7 Å². The van der Waals surface area contributed by atoms with Gasteiger partial charge in [-0.05, 0) is 124 Å². The van der Waals surface area contributed by atoms with Crippen LogP contribution in [-0.2, 0) is 0 Å². The minimum Gasteiger partial charge on any atom is -0.311 e. The summed E-state index contributed by atoms with van der Waals surface area (Å²) in [5.74, 6) is 0. The van der Waals surface area contributed by atoms with Crippen molar-refractivity contribution in [2.45, 2.75) is 0 Å². The van der Waals surface area contributed by atoms with Crippen LogP contribution in [0.2, 0.25) is 0 Å². The number of benzene rings is 10. The number of aromatic nitrogens is 2. The van der Waals surface area contributed by atoms with Crippen LogP contribution in [0.3, 0.4) is 0 Å². The minimum absolute atomic E-state index is 1.10. The summed E-state index contributed by atoms with van der Waals surface area (Å²) in [5.41, 5.74) is 17.4. The molecule has 10 aromatic carbocycles. The molecule has 0 spiro atoms. The number of hydrogen-bond donors (Lipinski definition) is 0. The molecule has 0 fully saturated rings. The molecular formula is C60H41N3. The van der Waals surface area contributed by atoms with E-state index in [2.05, 4.69) is 263 Å². The van der Waals surface area contributed by atoms with E-state index in [9.17, 15) is 0 Å². The van der Waals surface area contributed by atoms with Gasteiger partial charge in [0.25, 0.3) is 0 Å². The number of fused-ring (bicyclic) bond motifs is 7. The maximum Gasteiger partial charge on any atom is 0.0795 e. The molecule has 0 aliphatic carbocycles. The van der Waals surface area contributed by atoms with E-state index in [-0.39, 0.29) is 0 Å². The van der Waals surface area contributed by atoms with E-state index >= 15 is 0 Å². The Labute approximate surface area is 366 Å². The fourth-order valence-corrected chi connectivity index (χ4v) is 9.63. The second-order valence-corrected chi connectivity index (χ2v) is 16.1. The Morgan fingerprint density at radius 2 is 0.667 bits per heavy atom. The third-order valence-electron chi connectivity index (χ3n) is 12.5. The van der Waals surface area contributed by atoms with E-state index in [4.69, 9.17) is 0 Å². The second-order valence-electron chi connectivity index (χ2n) is 16.1. The molecule has 3 heteroatoms. The molecule has 2 aromatic heterocycles. The average Bonchev–Trinajstić information content (AvgIpc) is 3.88. The van der Waals surface area contributed by atoms with Crippen molar-refractivity contribution in [1.82, 2.24) is 9.13 Å². The lowest BCUT2D eigenvalue weighted by Gasteiger charge is -2.25. The molecule has 12 rings (SSSR count). The van der Waals surface area contributed by atoms with E-state index in [1.807, 2.05) is 0 Å². The first-order chi connectivity index (χ1) is 31.3. The number of nitrogens with zero attached hydrogens (tertiary/aromatic N) is 3. The number of anilines is 3. The molecule has 0 N–H and O–H groups in total. The van der Waals surface area contributed by atoms with Crippen molar-refractivity contribution < 1.29 is 0 Å². The van der Waals surface area contributed by atoms with Gasteiger partial charge in [0.2, 0.25) is 0 Å². The third kappa shape index (κ3) is 6.21. The molecule has 12 aromatic rings. The largest absolute Gasteiger partial charge is 0.311 e. The van der Waals surface area contributed by atoms with Crippen LogP contribution in [0.25, 0.3) is 88.4 Å². The molecule has 296 valence electrons. The molecule has 3 nitrogen and oxygen atoms in total. The molecule has 0 amide bonds. The molecular weight excluding hydrogens is 763 g/mol. The Morgan fingerprint density at radius 3 is 1.17 bits per heavy atom. The average molecular weight is 804 g/mol. The van der Waals surface area contributed by atoms with E-state index in [1.165, 1.54) is 65.9 Å². The Kier molecular flexibility index (Phi) is 8.83. The predicted molar refractivity (Wildman–Crippen MR) is 266 cm³/mol. The summed E-state index contributed by atoms with van der Waals surface area (Å²) in [7, 11) is 0. The van der Waals surface area contributed by atoms with Crippen molar-refractivity contribution in [3.8, 4) is 44.8 Å². The van der Waals surface area contributed by atoms with Gasteiger partial charge in [-0.25, -0.2) is 0 Å². The van der Waals surface area contributed by atoms with Crippen LogP contribution in [0.4, 0.5) is 17.1 Å². The van der Waals surface area contributed by atoms with E-state index in [1.54, 1.807) is 0 Å². The van der Waals surface area contributed by atoms with Gasteiger partial charge in [-0.3, -0.25) is 0 Å². The highest BCUT2D eigenvalue weighted by Crippen LogP contribution is 2.48. The van der Waals surface area contributed by atoms with Crippen molar-refractivity contribution in [2.24, 2.45) is 0 Å². The lowest BCUT2D eigenvalue weighted by atomic mass is 9.94. The molecule has 2 heterocycles. The summed E-state index contributed by atoms with van der Waals surface area (Å²) >= 11 is 0. The van der Waals surface area contributed by atoms with Crippen LogP contribution in [0, 0.1) is 0 Å². The first-order valence-corrected chi connectivity index (χ1v) is 21.6. The smallest absolute Gasteiger partial charge is 0.0795 e. The van der Waals surface area contributed by atoms with Gasteiger partial charge in [0, 0.05) is 50.0 Å². The zero-order chi connectivity index (χ0) is 41.7. The van der Waals surface area contributed by atoms with Crippen molar-refractivity contribution in [2.75, 3.05) is 4.90 Å². The number of rotatable bonds is 8. The third-order valence-corrected chi connectivity index (χ3v) is 12.5. The molecule has 0 bridgehead atoms. The Morgan fingerprint density at radius 1 is 0.270 bits per heavy atom. The van der Waals surface area contributed by atoms with Gasteiger partial charge in [-0.2, -0.15) is 0 Å². The van der Waals surface area contributed by atoms with Crippen molar-refractivity contribution in [1.29, 1.82) is 0 Å². The highest BCUT2D eigenvalue weighted by Gasteiger charge is 2.25. The summed E-state index contributed by atoms with van der Waals surface area (Å²) in [6, 6.07) is 90.1. The summed E-state index contributed by atoms with van der Waals surface area (Å²) in [4.78, 5) is 2.33. The summed E-state index contributed by atoms with van der Waals surface area (Å²) in [6.45, 7) is 0. The maximum atomic E-state index is 2.50. The van der Waals surface area contributed by atoms with Crippen LogP contribution in [-0.4, -0.2) is 9.13 Å². The highest BCUT2D eigenvalue weighted by molar-refractivity contribution is 6.28. The van der Waals surface area contributed by atoms with Gasteiger partial charge in [0.05, 0.1) is 22.1 Å².